The first-order valence-electron chi connectivity index (χ1n) is 6.26. The first-order valence-corrected chi connectivity index (χ1v) is 7.14. The van der Waals surface area contributed by atoms with Crippen molar-refractivity contribution in [1.82, 2.24) is 9.97 Å². The molecule has 0 atom stereocenters. The first-order chi connectivity index (χ1) is 10.0. The van der Waals surface area contributed by atoms with Gasteiger partial charge in [-0.1, -0.05) is 0 Å². The van der Waals surface area contributed by atoms with Crippen LogP contribution in [0.2, 0.25) is 0 Å². The summed E-state index contributed by atoms with van der Waals surface area (Å²) >= 11 is 1.35. The number of halogens is 1. The van der Waals surface area contributed by atoms with Gasteiger partial charge in [-0.15, -0.1) is 11.3 Å². The largest absolute Gasteiger partial charge is 0.364 e. The maximum absolute atomic E-state index is 13.2. The van der Waals surface area contributed by atoms with Crippen molar-refractivity contribution in [2.24, 2.45) is 5.73 Å². The molecule has 108 valence electrons. The molecule has 0 aliphatic heterocycles. The van der Waals surface area contributed by atoms with Gasteiger partial charge in [-0.05, 0) is 24.3 Å². The van der Waals surface area contributed by atoms with Crippen molar-refractivity contribution in [3.8, 4) is 0 Å². The number of rotatable bonds is 4. The lowest BCUT2D eigenvalue weighted by molar-refractivity contribution is 0.0996. The Morgan fingerprint density at radius 2 is 2.29 bits per heavy atom. The highest BCUT2D eigenvalue weighted by Crippen LogP contribution is 2.22. The zero-order valence-electron chi connectivity index (χ0n) is 11.3. The normalized spacial score (nSPS) is 11.0. The molecular weight excluding hydrogens is 291 g/mol. The molecule has 2 aromatic heterocycles. The fraction of sp³-hybridized carbons (Fsp3) is 0.143. The van der Waals surface area contributed by atoms with Crippen LogP contribution < -0.4 is 10.6 Å². The average molecular weight is 304 g/mol. The Hall–Kier alpha value is -2.41. The number of carbonyl (C=O) groups is 1. The second-order valence-electron chi connectivity index (χ2n) is 4.76. The third-order valence-electron chi connectivity index (χ3n) is 3.12. The topological polar surface area (TPSA) is 75.0 Å². The van der Waals surface area contributed by atoms with Gasteiger partial charge in [0, 0.05) is 29.0 Å². The van der Waals surface area contributed by atoms with Crippen molar-refractivity contribution in [3.05, 3.63) is 46.9 Å². The Balaban J connectivity index is 1.81. The van der Waals surface area contributed by atoms with Crippen molar-refractivity contribution >= 4 is 33.3 Å². The molecule has 3 aromatic rings. The van der Waals surface area contributed by atoms with E-state index in [-0.39, 0.29) is 11.5 Å². The smallest absolute Gasteiger partial charge is 0.268 e. The van der Waals surface area contributed by atoms with E-state index in [1.807, 2.05) is 18.0 Å². The van der Waals surface area contributed by atoms with Crippen LogP contribution in [0.4, 0.5) is 9.52 Å². The van der Waals surface area contributed by atoms with E-state index in [0.717, 1.165) is 16.6 Å². The van der Waals surface area contributed by atoms with Crippen molar-refractivity contribution in [2.45, 2.75) is 6.54 Å². The number of carbonyl (C=O) groups excluding carboxylic acids is 1. The Morgan fingerprint density at radius 1 is 1.48 bits per heavy atom. The van der Waals surface area contributed by atoms with Crippen molar-refractivity contribution in [3.63, 3.8) is 0 Å². The minimum atomic E-state index is -0.535. The number of benzene rings is 1. The zero-order valence-corrected chi connectivity index (χ0v) is 12.1. The van der Waals surface area contributed by atoms with Gasteiger partial charge in [0.25, 0.3) is 5.91 Å². The molecule has 1 amide bonds. The highest BCUT2D eigenvalue weighted by molar-refractivity contribution is 7.13. The van der Waals surface area contributed by atoms with E-state index in [0.29, 0.717) is 11.7 Å². The number of thiazole rings is 1. The summed E-state index contributed by atoms with van der Waals surface area (Å²) in [6.45, 7) is 0.571. The number of aromatic nitrogens is 2. The fourth-order valence-electron chi connectivity index (χ4n) is 2.12. The number of nitrogens with zero attached hydrogens (tertiary/aromatic N) is 2. The summed E-state index contributed by atoms with van der Waals surface area (Å²) in [6, 6.07) is 6.52. The Labute approximate surface area is 124 Å². The number of hydrogen-bond acceptors (Lipinski definition) is 4. The Kier molecular flexibility index (Phi) is 3.34. The van der Waals surface area contributed by atoms with E-state index in [9.17, 15) is 9.18 Å². The first kappa shape index (κ1) is 13.6. The molecule has 0 saturated carbocycles. The van der Waals surface area contributed by atoms with Gasteiger partial charge >= 0.3 is 0 Å². The van der Waals surface area contributed by atoms with Crippen molar-refractivity contribution in [2.75, 3.05) is 11.9 Å². The second-order valence-corrected chi connectivity index (χ2v) is 5.60. The van der Waals surface area contributed by atoms with E-state index < -0.39 is 5.91 Å². The fourth-order valence-corrected chi connectivity index (χ4v) is 2.91. The molecule has 0 spiro atoms. The maximum atomic E-state index is 13.2. The lowest BCUT2D eigenvalue weighted by Gasteiger charge is -2.14. The molecular formula is C14H13FN4OS. The number of anilines is 1. The van der Waals surface area contributed by atoms with Crippen LogP contribution in [-0.2, 0) is 6.54 Å². The van der Waals surface area contributed by atoms with E-state index in [1.165, 1.54) is 23.5 Å². The molecule has 0 fully saturated rings. The van der Waals surface area contributed by atoms with E-state index >= 15 is 0 Å². The standard InChI is InChI=1S/C14H13FN4OS/c1-19(14-18-12(7-21-14)13(16)20)6-10-5-8-4-9(15)2-3-11(8)17-10/h2-5,7,17H,6H2,1H3,(H2,16,20). The van der Waals surface area contributed by atoms with E-state index in [2.05, 4.69) is 9.97 Å². The zero-order chi connectivity index (χ0) is 15.0. The number of amides is 1. The molecule has 0 radical (unpaired) electrons. The molecule has 1 aromatic carbocycles. The van der Waals surface area contributed by atoms with Crippen LogP contribution in [0.25, 0.3) is 10.9 Å². The summed E-state index contributed by atoms with van der Waals surface area (Å²) in [5, 5.41) is 3.17. The number of nitrogens with two attached hydrogens (primary N) is 1. The maximum Gasteiger partial charge on any atom is 0.268 e. The van der Waals surface area contributed by atoms with Gasteiger partial charge in [0.15, 0.2) is 5.13 Å². The SMILES string of the molecule is CN(Cc1cc2cc(F)ccc2[nH]1)c1nc(C(N)=O)cs1. The van der Waals surface area contributed by atoms with Crippen LogP contribution in [-0.4, -0.2) is 22.9 Å². The molecule has 7 heteroatoms. The summed E-state index contributed by atoms with van der Waals surface area (Å²) < 4.78 is 13.2. The van der Waals surface area contributed by atoms with Gasteiger partial charge in [0.1, 0.15) is 11.5 Å². The minimum Gasteiger partial charge on any atom is -0.364 e. The number of fused-ring (bicyclic) bond motifs is 1. The summed E-state index contributed by atoms with van der Waals surface area (Å²) in [5.41, 5.74) is 7.28. The van der Waals surface area contributed by atoms with Gasteiger partial charge in [0.2, 0.25) is 0 Å². The molecule has 0 aliphatic rings. The number of aromatic amines is 1. The summed E-state index contributed by atoms with van der Waals surface area (Å²) in [5.74, 6) is -0.792. The number of nitrogens with one attached hydrogen (secondary N) is 1. The Morgan fingerprint density at radius 3 is 3.00 bits per heavy atom. The summed E-state index contributed by atoms with van der Waals surface area (Å²) in [4.78, 5) is 20.4. The molecule has 0 aliphatic carbocycles. The third-order valence-corrected chi connectivity index (χ3v) is 4.07. The molecule has 3 rings (SSSR count). The molecule has 0 bridgehead atoms. The molecule has 21 heavy (non-hydrogen) atoms. The van der Waals surface area contributed by atoms with Crippen LogP contribution in [0.15, 0.2) is 29.6 Å². The monoisotopic (exact) mass is 304 g/mol. The molecule has 3 N–H and O–H groups in total. The van der Waals surface area contributed by atoms with Crippen molar-refractivity contribution in [1.29, 1.82) is 0 Å². The number of H-pyrrole nitrogens is 1. The number of primary amides is 1. The van der Waals surface area contributed by atoms with Crippen molar-refractivity contribution < 1.29 is 9.18 Å². The highest BCUT2D eigenvalue weighted by atomic mass is 32.1. The van der Waals surface area contributed by atoms with Gasteiger partial charge in [0.05, 0.1) is 6.54 Å². The lowest BCUT2D eigenvalue weighted by Crippen LogP contribution is -2.17. The highest BCUT2D eigenvalue weighted by Gasteiger charge is 2.12. The molecule has 2 heterocycles. The number of hydrogen-bond donors (Lipinski definition) is 2. The molecule has 0 saturated heterocycles. The van der Waals surface area contributed by atoms with Crippen LogP contribution in [0.1, 0.15) is 16.2 Å². The Bertz CT molecular complexity index is 810. The van der Waals surface area contributed by atoms with Gasteiger partial charge < -0.3 is 15.6 Å². The van der Waals surface area contributed by atoms with Crippen LogP contribution >= 0.6 is 11.3 Å². The quantitative estimate of drug-likeness (QED) is 0.777. The van der Waals surface area contributed by atoms with E-state index in [1.54, 1.807) is 11.4 Å². The second kappa shape index (κ2) is 5.17. The van der Waals surface area contributed by atoms with E-state index in [4.69, 9.17) is 5.73 Å². The van der Waals surface area contributed by atoms with Gasteiger partial charge in [-0.25, -0.2) is 9.37 Å². The predicted octanol–water partition coefficient (Wildman–Crippen LogP) is 2.50. The lowest BCUT2D eigenvalue weighted by atomic mass is 10.2. The van der Waals surface area contributed by atoms with Crippen LogP contribution in [0, 0.1) is 5.82 Å². The predicted molar refractivity (Wildman–Crippen MR) is 81.0 cm³/mol. The van der Waals surface area contributed by atoms with Crippen LogP contribution in [0.3, 0.4) is 0 Å². The minimum absolute atomic E-state index is 0.257. The van der Waals surface area contributed by atoms with Crippen LogP contribution in [0.5, 0.6) is 0 Å². The van der Waals surface area contributed by atoms with Gasteiger partial charge in [-0.3, -0.25) is 4.79 Å². The molecule has 0 unspecified atom stereocenters. The third kappa shape index (κ3) is 2.73. The average Bonchev–Trinajstić information content (AvgIpc) is 3.03. The summed E-state index contributed by atoms with van der Waals surface area (Å²) in [7, 11) is 1.87. The summed E-state index contributed by atoms with van der Waals surface area (Å²) in [6.07, 6.45) is 0. The molecule has 5 nitrogen and oxygen atoms in total. The van der Waals surface area contributed by atoms with Gasteiger partial charge in [-0.2, -0.15) is 0 Å².